The Morgan fingerprint density at radius 1 is 1.55 bits per heavy atom. The fourth-order valence-electron chi connectivity index (χ4n) is 2.14. The minimum absolute atomic E-state index is 0.228. The number of aryl methyl sites for hydroxylation is 1. The van der Waals surface area contributed by atoms with Gasteiger partial charge < -0.3 is 5.11 Å². The van der Waals surface area contributed by atoms with Gasteiger partial charge in [-0.1, -0.05) is 6.42 Å². The summed E-state index contributed by atoms with van der Waals surface area (Å²) in [5, 5.41) is 15.2. The Morgan fingerprint density at radius 3 is 2.90 bits per heavy atom. The lowest BCUT2D eigenvalue weighted by Crippen LogP contribution is -2.33. The van der Waals surface area contributed by atoms with Gasteiger partial charge in [0.2, 0.25) is 10.0 Å². The zero-order chi connectivity index (χ0) is 14.8. The first kappa shape index (κ1) is 15.3. The number of aromatic nitrogens is 2. The van der Waals surface area contributed by atoms with Gasteiger partial charge in [-0.25, -0.2) is 17.9 Å². The molecule has 2 heterocycles. The molecular formula is C11H17N3O4S2. The van der Waals surface area contributed by atoms with Crippen LogP contribution < -0.4 is 4.72 Å². The van der Waals surface area contributed by atoms with Crippen molar-refractivity contribution in [3.8, 4) is 0 Å². The third kappa shape index (κ3) is 3.33. The Labute approximate surface area is 121 Å². The van der Waals surface area contributed by atoms with E-state index in [0.29, 0.717) is 6.54 Å². The number of carboxylic acid groups (broad SMARTS) is 1. The number of nitrogens with one attached hydrogen (secondary N) is 2. The zero-order valence-electron chi connectivity index (χ0n) is 11.0. The normalized spacial score (nSPS) is 19.9. The number of hydrogen-bond acceptors (Lipinski definition) is 5. The highest BCUT2D eigenvalue weighted by Gasteiger charge is 2.28. The molecule has 9 heteroatoms. The standard InChI is InChI=1S/C11H17N3O4S2/c1-7-10(9(11(15)16)14-13-7)20(17,18)12-6-8-4-2-3-5-19-8/h8,12H,2-6H2,1H3,(H,13,14)(H,15,16). The number of carbonyl (C=O) groups is 1. The molecule has 1 aliphatic heterocycles. The highest BCUT2D eigenvalue weighted by Crippen LogP contribution is 2.25. The molecule has 0 saturated carbocycles. The fraction of sp³-hybridized carbons (Fsp3) is 0.636. The number of aromatic carboxylic acids is 1. The van der Waals surface area contributed by atoms with Crippen molar-refractivity contribution in [3.05, 3.63) is 11.4 Å². The highest BCUT2D eigenvalue weighted by atomic mass is 32.2. The van der Waals surface area contributed by atoms with Gasteiger partial charge in [0.25, 0.3) is 0 Å². The lowest BCUT2D eigenvalue weighted by atomic mass is 10.2. The largest absolute Gasteiger partial charge is 0.476 e. The number of aromatic amines is 1. The topological polar surface area (TPSA) is 112 Å². The number of H-pyrrole nitrogens is 1. The number of rotatable bonds is 5. The van der Waals surface area contributed by atoms with Crippen LogP contribution in [0.4, 0.5) is 0 Å². The lowest BCUT2D eigenvalue weighted by molar-refractivity contribution is 0.0686. The fourth-order valence-corrected chi connectivity index (χ4v) is 4.88. The van der Waals surface area contributed by atoms with E-state index in [-0.39, 0.29) is 15.8 Å². The molecule has 1 fully saturated rings. The van der Waals surface area contributed by atoms with E-state index in [4.69, 9.17) is 5.11 Å². The van der Waals surface area contributed by atoms with Crippen LogP contribution in [0.2, 0.25) is 0 Å². The van der Waals surface area contributed by atoms with Gasteiger partial charge in [-0.3, -0.25) is 5.10 Å². The molecule has 1 atom stereocenters. The molecule has 0 radical (unpaired) electrons. The lowest BCUT2D eigenvalue weighted by Gasteiger charge is -2.21. The molecule has 1 saturated heterocycles. The maximum absolute atomic E-state index is 12.2. The smallest absolute Gasteiger partial charge is 0.357 e. The van der Waals surface area contributed by atoms with Crippen molar-refractivity contribution < 1.29 is 18.3 Å². The van der Waals surface area contributed by atoms with Gasteiger partial charge in [-0.05, 0) is 25.5 Å². The Balaban J connectivity index is 2.14. The van der Waals surface area contributed by atoms with E-state index in [1.54, 1.807) is 11.8 Å². The number of thioether (sulfide) groups is 1. The van der Waals surface area contributed by atoms with Gasteiger partial charge in [0.15, 0.2) is 5.69 Å². The number of hydrogen-bond donors (Lipinski definition) is 3. The number of sulfonamides is 1. The number of carboxylic acids is 1. The van der Waals surface area contributed by atoms with Crippen LogP contribution >= 0.6 is 11.8 Å². The van der Waals surface area contributed by atoms with Gasteiger partial charge in [0.05, 0.1) is 5.69 Å². The van der Waals surface area contributed by atoms with Crippen molar-refractivity contribution in [2.24, 2.45) is 0 Å². The van der Waals surface area contributed by atoms with Crippen molar-refractivity contribution in [2.75, 3.05) is 12.3 Å². The van der Waals surface area contributed by atoms with Crippen LogP contribution in [0.15, 0.2) is 4.90 Å². The van der Waals surface area contributed by atoms with E-state index >= 15 is 0 Å². The van der Waals surface area contributed by atoms with Gasteiger partial charge in [-0.15, -0.1) is 0 Å². The monoisotopic (exact) mass is 319 g/mol. The van der Waals surface area contributed by atoms with Crippen LogP contribution in [0.25, 0.3) is 0 Å². The minimum Gasteiger partial charge on any atom is -0.476 e. The highest BCUT2D eigenvalue weighted by molar-refractivity contribution is 8.00. The van der Waals surface area contributed by atoms with Gasteiger partial charge in [-0.2, -0.15) is 16.9 Å². The second-order valence-electron chi connectivity index (χ2n) is 4.67. The van der Waals surface area contributed by atoms with Crippen molar-refractivity contribution in [1.29, 1.82) is 0 Å². The Hall–Kier alpha value is -1.06. The molecule has 1 aromatic heterocycles. The van der Waals surface area contributed by atoms with E-state index < -0.39 is 21.7 Å². The summed E-state index contributed by atoms with van der Waals surface area (Å²) in [4.78, 5) is 10.7. The predicted molar refractivity (Wildman–Crippen MR) is 75.6 cm³/mol. The van der Waals surface area contributed by atoms with Crippen LogP contribution in [0.5, 0.6) is 0 Å². The van der Waals surface area contributed by atoms with Crippen molar-refractivity contribution in [2.45, 2.75) is 36.3 Å². The van der Waals surface area contributed by atoms with E-state index in [1.807, 2.05) is 0 Å². The number of nitrogens with zero attached hydrogens (tertiary/aromatic N) is 1. The van der Waals surface area contributed by atoms with Crippen molar-refractivity contribution in [1.82, 2.24) is 14.9 Å². The molecule has 0 aromatic carbocycles. The molecule has 1 aliphatic rings. The van der Waals surface area contributed by atoms with Crippen molar-refractivity contribution >= 4 is 27.8 Å². The minimum atomic E-state index is -3.86. The second kappa shape index (κ2) is 6.15. The third-order valence-corrected chi connectivity index (χ3v) is 6.12. The Bertz CT molecular complexity index is 591. The molecule has 0 amide bonds. The molecule has 0 bridgehead atoms. The van der Waals surface area contributed by atoms with Crippen LogP contribution in [0.1, 0.15) is 35.4 Å². The van der Waals surface area contributed by atoms with Crippen molar-refractivity contribution in [3.63, 3.8) is 0 Å². The van der Waals surface area contributed by atoms with E-state index in [0.717, 1.165) is 25.0 Å². The maximum Gasteiger partial charge on any atom is 0.357 e. The summed E-state index contributed by atoms with van der Waals surface area (Å²) >= 11 is 1.75. The average molecular weight is 319 g/mol. The van der Waals surface area contributed by atoms with E-state index in [2.05, 4.69) is 14.9 Å². The molecule has 0 spiro atoms. The molecule has 0 aliphatic carbocycles. The average Bonchev–Trinajstić information content (AvgIpc) is 2.81. The molecule has 2 rings (SSSR count). The van der Waals surface area contributed by atoms with E-state index in [9.17, 15) is 13.2 Å². The maximum atomic E-state index is 12.2. The summed E-state index contributed by atoms with van der Waals surface area (Å²) in [6.07, 6.45) is 3.24. The Morgan fingerprint density at radius 2 is 2.30 bits per heavy atom. The first-order chi connectivity index (χ1) is 9.42. The predicted octanol–water partition coefficient (Wildman–Crippen LogP) is 0.980. The third-order valence-electron chi connectivity index (χ3n) is 3.14. The molecule has 112 valence electrons. The van der Waals surface area contributed by atoms with Gasteiger partial charge in [0, 0.05) is 11.8 Å². The van der Waals surface area contributed by atoms with Crippen LogP contribution in [0.3, 0.4) is 0 Å². The second-order valence-corrected chi connectivity index (χ2v) is 7.78. The first-order valence-corrected chi connectivity index (χ1v) is 8.84. The van der Waals surface area contributed by atoms with Gasteiger partial charge >= 0.3 is 5.97 Å². The summed E-state index contributed by atoms with van der Waals surface area (Å²) in [6, 6.07) is 0. The summed E-state index contributed by atoms with van der Waals surface area (Å²) in [5.41, 5.74) is -0.238. The van der Waals surface area contributed by atoms with Crippen LogP contribution in [-0.2, 0) is 10.0 Å². The summed E-state index contributed by atoms with van der Waals surface area (Å²) in [7, 11) is -3.86. The van der Waals surface area contributed by atoms with E-state index in [1.165, 1.54) is 6.92 Å². The molecule has 1 unspecified atom stereocenters. The zero-order valence-corrected chi connectivity index (χ0v) is 12.7. The van der Waals surface area contributed by atoms with Crippen LogP contribution in [-0.4, -0.2) is 47.2 Å². The van der Waals surface area contributed by atoms with Gasteiger partial charge in [0.1, 0.15) is 4.90 Å². The first-order valence-electron chi connectivity index (χ1n) is 6.31. The molecule has 3 N–H and O–H groups in total. The molecule has 7 nitrogen and oxygen atoms in total. The summed E-state index contributed by atoms with van der Waals surface area (Å²) in [6.45, 7) is 1.81. The SMILES string of the molecule is Cc1[nH]nc(C(=O)O)c1S(=O)(=O)NCC1CCCCS1. The summed E-state index contributed by atoms with van der Waals surface area (Å²) < 4.78 is 27.0. The molecule has 1 aromatic rings. The Kier molecular flexibility index (Phi) is 4.71. The van der Waals surface area contributed by atoms with Crippen LogP contribution in [0, 0.1) is 6.92 Å². The quantitative estimate of drug-likeness (QED) is 0.746. The molecular weight excluding hydrogens is 302 g/mol. The summed E-state index contributed by atoms with van der Waals surface area (Å²) in [5.74, 6) is -0.320. The molecule has 20 heavy (non-hydrogen) atoms.